The molecule has 0 aliphatic heterocycles. The Hall–Kier alpha value is -1.66. The van der Waals surface area contributed by atoms with Crippen LogP contribution in [0.15, 0.2) is 25.3 Å². The Morgan fingerprint density at radius 1 is 0.189 bits per heavy atom. The minimum Gasteiger partial charge on any atom is -0.478 e. The molecule has 6 rings (SSSR count). The molecule has 0 aromatic heterocycles. The van der Waals surface area contributed by atoms with Crippen molar-refractivity contribution in [2.24, 2.45) is 0 Å². The van der Waals surface area contributed by atoms with Crippen LogP contribution in [0.1, 0.15) is 385 Å². The topological polar surface area (TPSA) is 115 Å². The van der Waals surface area contributed by atoms with Crippen LogP contribution in [0.25, 0.3) is 0 Å². The molecule has 0 radical (unpaired) electrons. The SMILES string of the molecule is C1CCCCCCCCC1.C1CCCCCCCCC1.C1CCCCCCCCC1.C1CCCCCCCCC1.C1CCCCCCCCC1.C1CCCCCCCCC1.C=CC(=O)O.C=CC(=O)O.CO.CO. The highest BCUT2D eigenvalue weighted by atomic mass is 16.4. The number of hydrogen-bond donors (Lipinski definition) is 4. The van der Waals surface area contributed by atoms with Crippen LogP contribution in [0.2, 0.25) is 0 Å². The fourth-order valence-electron chi connectivity index (χ4n) is 10.6. The zero-order chi connectivity index (χ0) is 55.0. The van der Waals surface area contributed by atoms with E-state index in [9.17, 15) is 9.59 Å². The van der Waals surface area contributed by atoms with E-state index in [-0.39, 0.29) is 0 Å². The summed E-state index contributed by atoms with van der Waals surface area (Å²) >= 11 is 0. The van der Waals surface area contributed by atoms with Crippen LogP contribution in [-0.4, -0.2) is 46.6 Å². The van der Waals surface area contributed by atoms with E-state index in [1.54, 1.807) is 0 Å². The van der Waals surface area contributed by atoms with Gasteiger partial charge in [-0.15, -0.1) is 0 Å². The van der Waals surface area contributed by atoms with Crippen LogP contribution in [0.5, 0.6) is 0 Å². The summed E-state index contributed by atoms with van der Waals surface area (Å²) in [6.45, 7) is 5.92. The van der Waals surface area contributed by atoms with Gasteiger partial charge in [0.2, 0.25) is 0 Å². The number of aliphatic carboxylic acids is 2. The van der Waals surface area contributed by atoms with Gasteiger partial charge in [0.25, 0.3) is 0 Å². The van der Waals surface area contributed by atoms with Crippen LogP contribution < -0.4 is 0 Å². The highest BCUT2D eigenvalue weighted by Crippen LogP contribution is 2.20. The minimum atomic E-state index is -0.981. The molecule has 6 nitrogen and oxygen atoms in total. The molecule has 0 saturated heterocycles. The van der Waals surface area contributed by atoms with Crippen molar-refractivity contribution in [2.75, 3.05) is 14.2 Å². The van der Waals surface area contributed by atoms with Crippen molar-refractivity contribution in [3.05, 3.63) is 25.3 Å². The summed E-state index contributed by atoms with van der Waals surface area (Å²) in [5.41, 5.74) is 0. The number of aliphatic hydroxyl groups excluding tert-OH is 2. The van der Waals surface area contributed by atoms with Crippen molar-refractivity contribution < 1.29 is 30.0 Å². The molecule has 74 heavy (non-hydrogen) atoms. The van der Waals surface area contributed by atoms with Crippen LogP contribution >= 0.6 is 0 Å². The van der Waals surface area contributed by atoms with Crippen molar-refractivity contribution >= 4 is 11.9 Å². The quantitative estimate of drug-likeness (QED) is 0.205. The molecule has 0 amide bonds. The summed E-state index contributed by atoms with van der Waals surface area (Å²) in [5, 5.41) is 29.2. The lowest BCUT2D eigenvalue weighted by atomic mass is 10.0. The van der Waals surface area contributed by atoms with Crippen molar-refractivity contribution in [1.82, 2.24) is 0 Å². The van der Waals surface area contributed by atoms with E-state index in [0.717, 1.165) is 26.4 Å². The van der Waals surface area contributed by atoms with Gasteiger partial charge in [-0.05, 0) is 0 Å². The summed E-state index contributed by atoms with van der Waals surface area (Å²) in [4.78, 5) is 18.5. The highest BCUT2D eigenvalue weighted by molar-refractivity contribution is 5.79. The van der Waals surface area contributed by atoms with Gasteiger partial charge in [-0.3, -0.25) is 0 Å². The molecule has 0 aromatic carbocycles. The lowest BCUT2D eigenvalue weighted by molar-refractivity contribution is -0.132. The van der Waals surface area contributed by atoms with Gasteiger partial charge in [-0.25, -0.2) is 9.59 Å². The molecule has 6 aliphatic rings. The van der Waals surface area contributed by atoms with Crippen LogP contribution in [0.4, 0.5) is 0 Å². The number of rotatable bonds is 2. The number of carbonyl (C=O) groups is 2. The normalized spacial score (nSPS) is 20.5. The first-order valence-electron chi connectivity index (χ1n) is 33.1. The maximum Gasteiger partial charge on any atom is 0.327 e. The van der Waals surface area contributed by atoms with Gasteiger partial charge in [0.1, 0.15) is 0 Å². The summed E-state index contributed by atoms with van der Waals surface area (Å²) in [7, 11) is 2.00. The second-order valence-electron chi connectivity index (χ2n) is 22.3. The Morgan fingerprint density at radius 3 is 0.230 bits per heavy atom. The number of carboxylic acids is 2. The Kier molecular flexibility index (Phi) is 85.4. The van der Waals surface area contributed by atoms with Crippen molar-refractivity contribution in [3.8, 4) is 0 Å². The molecule has 0 bridgehead atoms. The van der Waals surface area contributed by atoms with Crippen molar-refractivity contribution in [3.63, 3.8) is 0 Å². The lowest BCUT2D eigenvalue weighted by Gasteiger charge is -2.05. The van der Waals surface area contributed by atoms with Gasteiger partial charge < -0.3 is 20.4 Å². The molecule has 0 unspecified atom stereocenters. The van der Waals surface area contributed by atoms with E-state index in [1.165, 1.54) is 385 Å². The van der Waals surface area contributed by atoms with E-state index in [0.29, 0.717) is 0 Å². The van der Waals surface area contributed by atoms with Crippen LogP contribution in [0, 0.1) is 0 Å². The predicted octanol–water partition coefficient (Wildman–Crippen LogP) is 23.1. The van der Waals surface area contributed by atoms with E-state index in [1.807, 2.05) is 0 Å². The number of carboxylic acid groups (broad SMARTS) is 2. The van der Waals surface area contributed by atoms with E-state index >= 15 is 0 Å². The second-order valence-corrected chi connectivity index (χ2v) is 22.3. The van der Waals surface area contributed by atoms with Gasteiger partial charge >= 0.3 is 11.9 Å². The maximum atomic E-state index is 9.25. The maximum absolute atomic E-state index is 9.25. The minimum absolute atomic E-state index is 0.833. The first kappa shape index (κ1) is 78.8. The highest BCUT2D eigenvalue weighted by Gasteiger charge is 2.01. The van der Waals surface area contributed by atoms with Crippen molar-refractivity contribution in [2.45, 2.75) is 385 Å². The zero-order valence-electron chi connectivity index (χ0n) is 50.6. The van der Waals surface area contributed by atoms with Crippen LogP contribution in [0.3, 0.4) is 0 Å². The second kappa shape index (κ2) is 80.2. The molecule has 0 atom stereocenters. The zero-order valence-corrected chi connectivity index (χ0v) is 50.6. The summed E-state index contributed by atoms with van der Waals surface area (Å²) in [6.07, 6.45) is 91.7. The smallest absolute Gasteiger partial charge is 0.327 e. The van der Waals surface area contributed by atoms with Crippen LogP contribution in [-0.2, 0) is 9.59 Å². The Balaban J connectivity index is -0.000000378. The van der Waals surface area contributed by atoms with Crippen molar-refractivity contribution in [1.29, 1.82) is 0 Å². The Labute approximate surface area is 464 Å². The third-order valence-corrected chi connectivity index (χ3v) is 15.3. The average Bonchev–Trinajstić information content (AvgIpc) is 3.46. The molecule has 0 aromatic rings. The van der Waals surface area contributed by atoms with Gasteiger partial charge in [0.05, 0.1) is 0 Å². The summed E-state index contributed by atoms with van der Waals surface area (Å²) in [6, 6.07) is 0. The Morgan fingerprint density at radius 2 is 0.216 bits per heavy atom. The van der Waals surface area contributed by atoms with E-state index in [2.05, 4.69) is 13.2 Å². The standard InChI is InChI=1S/6C10H20.2C3H4O2.2CH4O/c6*1-2-4-6-8-10-9-7-5-3-1;2*1-2-3(4)5;2*1-2/h6*1-10H2;2*2H,1H2,(H,4,5);2*2H,1H3. The molecule has 4 N–H and O–H groups in total. The van der Waals surface area contributed by atoms with Gasteiger partial charge in [-0.2, -0.15) is 0 Å². The van der Waals surface area contributed by atoms with Gasteiger partial charge in [0.15, 0.2) is 0 Å². The monoisotopic (exact) mass is 1050 g/mol. The molecular weight excluding hydrogens is 913 g/mol. The number of hydrogen-bond acceptors (Lipinski definition) is 4. The lowest BCUT2D eigenvalue weighted by Crippen LogP contribution is -1.85. The molecule has 0 spiro atoms. The average molecular weight is 1050 g/mol. The molecule has 6 fully saturated rings. The molecular formula is C68H136O6. The van der Waals surface area contributed by atoms with Gasteiger partial charge in [0, 0.05) is 26.4 Å². The fourth-order valence-corrected chi connectivity index (χ4v) is 10.6. The third kappa shape index (κ3) is 87.0. The molecule has 0 heterocycles. The van der Waals surface area contributed by atoms with E-state index < -0.39 is 11.9 Å². The largest absolute Gasteiger partial charge is 0.478 e. The summed E-state index contributed by atoms with van der Waals surface area (Å²) in [5.74, 6) is -1.96. The first-order valence-corrected chi connectivity index (χ1v) is 33.1. The third-order valence-electron chi connectivity index (χ3n) is 15.3. The summed E-state index contributed by atoms with van der Waals surface area (Å²) < 4.78 is 0. The predicted molar refractivity (Wildman–Crippen MR) is 329 cm³/mol. The van der Waals surface area contributed by atoms with E-state index in [4.69, 9.17) is 20.4 Å². The molecule has 6 aliphatic carbocycles. The molecule has 6 heteroatoms. The van der Waals surface area contributed by atoms with Gasteiger partial charge in [-0.1, -0.05) is 398 Å². The fraction of sp³-hybridized carbons (Fsp3) is 0.912. The number of aliphatic hydroxyl groups is 2. The first-order chi connectivity index (χ1) is 36.5. The molecule has 444 valence electrons. The molecule has 6 saturated carbocycles. The Bertz CT molecular complexity index is 626.